The Morgan fingerprint density at radius 2 is 2.17 bits per heavy atom. The molecule has 1 aliphatic heterocycles. The van der Waals surface area contributed by atoms with Crippen LogP contribution < -0.4 is 4.90 Å². The van der Waals surface area contributed by atoms with Gasteiger partial charge in [-0.1, -0.05) is 13.8 Å². The molecule has 1 fully saturated rings. The highest BCUT2D eigenvalue weighted by Crippen LogP contribution is 2.33. The Morgan fingerprint density at radius 3 is 2.89 bits per heavy atom. The molecular formula is C14H18FNOS. The fourth-order valence-corrected chi connectivity index (χ4v) is 3.27. The van der Waals surface area contributed by atoms with Crippen LogP contribution in [0.15, 0.2) is 18.2 Å². The van der Waals surface area contributed by atoms with Gasteiger partial charge in [0, 0.05) is 34.8 Å². The third-order valence-corrected chi connectivity index (χ3v) is 4.67. The van der Waals surface area contributed by atoms with Gasteiger partial charge in [0.15, 0.2) is 6.29 Å². The summed E-state index contributed by atoms with van der Waals surface area (Å²) in [7, 11) is 0. The number of rotatable bonds is 2. The highest BCUT2D eigenvalue weighted by molar-refractivity contribution is 8.00. The standard InChI is InChI=1S/C14H18FNOS/c1-14(2)5-6-16(7-8-18-14)13-4-3-12(15)9-11(13)10-17/h3-4,9-10H,5-8H2,1-2H3. The van der Waals surface area contributed by atoms with Crippen molar-refractivity contribution in [2.75, 3.05) is 23.7 Å². The number of benzene rings is 1. The van der Waals surface area contributed by atoms with Crippen molar-refractivity contribution in [3.05, 3.63) is 29.6 Å². The Morgan fingerprint density at radius 1 is 1.39 bits per heavy atom. The molecule has 0 aromatic heterocycles. The van der Waals surface area contributed by atoms with Crippen LogP contribution in [0.25, 0.3) is 0 Å². The van der Waals surface area contributed by atoms with E-state index in [9.17, 15) is 9.18 Å². The van der Waals surface area contributed by atoms with Gasteiger partial charge in [-0.15, -0.1) is 0 Å². The van der Waals surface area contributed by atoms with E-state index >= 15 is 0 Å². The summed E-state index contributed by atoms with van der Waals surface area (Å²) in [6.45, 7) is 6.30. The molecule has 2 rings (SSSR count). The van der Waals surface area contributed by atoms with Crippen LogP contribution in [0.2, 0.25) is 0 Å². The average molecular weight is 267 g/mol. The van der Waals surface area contributed by atoms with Crippen molar-refractivity contribution in [1.82, 2.24) is 0 Å². The van der Waals surface area contributed by atoms with Crippen LogP contribution in [-0.2, 0) is 0 Å². The Hall–Kier alpha value is -1.03. The summed E-state index contributed by atoms with van der Waals surface area (Å²) in [5, 5.41) is 0. The zero-order valence-corrected chi connectivity index (χ0v) is 11.6. The van der Waals surface area contributed by atoms with E-state index in [1.54, 1.807) is 6.07 Å². The summed E-state index contributed by atoms with van der Waals surface area (Å²) < 4.78 is 13.4. The number of hydrogen-bond acceptors (Lipinski definition) is 3. The van der Waals surface area contributed by atoms with Crippen LogP contribution in [0.4, 0.5) is 10.1 Å². The lowest BCUT2D eigenvalue weighted by Crippen LogP contribution is -2.27. The second-order valence-corrected chi connectivity index (χ2v) is 6.97. The Balaban J connectivity index is 2.23. The fourth-order valence-electron chi connectivity index (χ4n) is 2.17. The second kappa shape index (κ2) is 5.31. The van der Waals surface area contributed by atoms with Crippen LogP contribution in [0.3, 0.4) is 0 Å². The van der Waals surface area contributed by atoms with Crippen molar-refractivity contribution in [3.8, 4) is 0 Å². The van der Waals surface area contributed by atoms with Gasteiger partial charge in [-0.3, -0.25) is 4.79 Å². The molecule has 0 aliphatic carbocycles. The molecule has 98 valence electrons. The van der Waals surface area contributed by atoms with Gasteiger partial charge in [-0.05, 0) is 24.6 Å². The maximum Gasteiger partial charge on any atom is 0.152 e. The molecule has 1 aromatic rings. The topological polar surface area (TPSA) is 20.3 Å². The molecule has 0 amide bonds. The molecule has 1 saturated heterocycles. The summed E-state index contributed by atoms with van der Waals surface area (Å²) in [5.41, 5.74) is 1.30. The molecule has 2 nitrogen and oxygen atoms in total. The SMILES string of the molecule is CC1(C)CCN(c2ccc(F)cc2C=O)CCS1. The van der Waals surface area contributed by atoms with Crippen LogP contribution in [0.1, 0.15) is 30.6 Å². The summed E-state index contributed by atoms with van der Waals surface area (Å²) >= 11 is 1.95. The normalized spacial score (nSPS) is 19.4. The van der Waals surface area contributed by atoms with Crippen LogP contribution >= 0.6 is 11.8 Å². The minimum Gasteiger partial charge on any atom is -0.370 e. The number of thioether (sulfide) groups is 1. The monoisotopic (exact) mass is 267 g/mol. The van der Waals surface area contributed by atoms with Gasteiger partial charge in [0.25, 0.3) is 0 Å². The third kappa shape index (κ3) is 3.05. The minimum absolute atomic E-state index is 0.274. The number of anilines is 1. The molecule has 0 saturated carbocycles. The van der Waals surface area contributed by atoms with Gasteiger partial charge in [0.2, 0.25) is 0 Å². The van der Waals surface area contributed by atoms with Crippen molar-refractivity contribution < 1.29 is 9.18 Å². The van der Waals surface area contributed by atoms with E-state index in [4.69, 9.17) is 0 Å². The van der Waals surface area contributed by atoms with Crippen molar-refractivity contribution in [3.63, 3.8) is 0 Å². The van der Waals surface area contributed by atoms with Gasteiger partial charge in [0.1, 0.15) is 5.82 Å². The van der Waals surface area contributed by atoms with Crippen molar-refractivity contribution in [2.24, 2.45) is 0 Å². The Labute approximate surface area is 112 Å². The molecule has 1 heterocycles. The lowest BCUT2D eigenvalue weighted by molar-refractivity contribution is 0.112. The molecule has 0 atom stereocenters. The largest absolute Gasteiger partial charge is 0.370 e. The average Bonchev–Trinajstić information content (AvgIpc) is 2.50. The summed E-state index contributed by atoms with van der Waals surface area (Å²) in [5.74, 6) is 0.674. The number of aldehydes is 1. The Kier molecular flexibility index (Phi) is 3.95. The predicted octanol–water partition coefficient (Wildman–Crippen LogP) is 3.36. The summed E-state index contributed by atoms with van der Waals surface area (Å²) in [6.07, 6.45) is 1.80. The molecular weight excluding hydrogens is 249 g/mol. The van der Waals surface area contributed by atoms with E-state index in [1.165, 1.54) is 12.1 Å². The summed E-state index contributed by atoms with van der Waals surface area (Å²) in [6, 6.07) is 4.44. The minimum atomic E-state index is -0.356. The van der Waals surface area contributed by atoms with Gasteiger partial charge < -0.3 is 4.90 Å². The van der Waals surface area contributed by atoms with Crippen LogP contribution in [-0.4, -0.2) is 29.9 Å². The van der Waals surface area contributed by atoms with Gasteiger partial charge in [-0.25, -0.2) is 4.39 Å². The zero-order chi connectivity index (χ0) is 13.2. The molecule has 0 unspecified atom stereocenters. The van der Waals surface area contributed by atoms with Crippen LogP contribution in [0, 0.1) is 5.82 Å². The lowest BCUT2D eigenvalue weighted by Gasteiger charge is -2.25. The first-order valence-corrected chi connectivity index (χ1v) is 7.14. The van der Waals surface area contributed by atoms with Crippen molar-refractivity contribution in [2.45, 2.75) is 25.0 Å². The molecule has 0 spiro atoms. The molecule has 0 bridgehead atoms. The zero-order valence-electron chi connectivity index (χ0n) is 10.8. The van der Waals surface area contributed by atoms with E-state index in [1.807, 2.05) is 11.8 Å². The quantitative estimate of drug-likeness (QED) is 0.766. The molecule has 1 aliphatic rings. The number of halogens is 1. The lowest BCUT2D eigenvalue weighted by atomic mass is 10.1. The molecule has 4 heteroatoms. The van der Waals surface area contributed by atoms with E-state index < -0.39 is 0 Å². The Bertz CT molecular complexity index is 447. The molecule has 0 N–H and O–H groups in total. The van der Waals surface area contributed by atoms with E-state index in [0.717, 1.165) is 37.2 Å². The number of carbonyl (C=O) groups excluding carboxylic acids is 1. The highest BCUT2D eigenvalue weighted by Gasteiger charge is 2.24. The second-order valence-electron chi connectivity index (χ2n) is 5.17. The number of hydrogen-bond donors (Lipinski definition) is 0. The van der Waals surface area contributed by atoms with Crippen molar-refractivity contribution >= 4 is 23.7 Å². The third-order valence-electron chi connectivity index (χ3n) is 3.30. The van der Waals surface area contributed by atoms with E-state index in [-0.39, 0.29) is 10.6 Å². The first-order valence-electron chi connectivity index (χ1n) is 6.15. The first kappa shape index (κ1) is 13.4. The number of carbonyl (C=O) groups is 1. The van der Waals surface area contributed by atoms with E-state index in [0.29, 0.717) is 5.56 Å². The maximum atomic E-state index is 13.1. The highest BCUT2D eigenvalue weighted by atomic mass is 32.2. The first-order chi connectivity index (χ1) is 8.52. The van der Waals surface area contributed by atoms with Gasteiger partial charge >= 0.3 is 0 Å². The maximum absolute atomic E-state index is 13.1. The molecule has 0 radical (unpaired) electrons. The van der Waals surface area contributed by atoms with E-state index in [2.05, 4.69) is 18.7 Å². The van der Waals surface area contributed by atoms with Crippen molar-refractivity contribution in [1.29, 1.82) is 0 Å². The smallest absolute Gasteiger partial charge is 0.152 e. The number of nitrogens with zero attached hydrogens (tertiary/aromatic N) is 1. The predicted molar refractivity (Wildman–Crippen MR) is 75.2 cm³/mol. The van der Waals surface area contributed by atoms with Gasteiger partial charge in [-0.2, -0.15) is 11.8 Å². The molecule has 18 heavy (non-hydrogen) atoms. The summed E-state index contributed by atoms with van der Waals surface area (Å²) in [4.78, 5) is 13.2. The van der Waals surface area contributed by atoms with Gasteiger partial charge in [0.05, 0.1) is 0 Å². The molecule has 1 aromatic carbocycles. The van der Waals surface area contributed by atoms with Crippen LogP contribution in [0.5, 0.6) is 0 Å². The fraction of sp³-hybridized carbons (Fsp3) is 0.500.